The van der Waals surface area contributed by atoms with Gasteiger partial charge in [0.2, 0.25) is 0 Å². The summed E-state index contributed by atoms with van der Waals surface area (Å²) in [6, 6.07) is 15.4. The van der Waals surface area contributed by atoms with E-state index in [2.05, 4.69) is 0 Å². The highest BCUT2D eigenvalue weighted by Gasteiger charge is 2.01. The topological polar surface area (TPSA) is 0 Å². The first-order valence-corrected chi connectivity index (χ1v) is 5.03. The highest BCUT2D eigenvalue weighted by molar-refractivity contribution is 6.33. The van der Waals surface area contributed by atoms with Gasteiger partial charge in [-0.2, -0.15) is 0 Å². The maximum absolute atomic E-state index is 6.07. The lowest BCUT2D eigenvalue weighted by molar-refractivity contribution is 1.62. The van der Waals surface area contributed by atoms with Gasteiger partial charge in [-0.25, -0.2) is 0 Å². The van der Waals surface area contributed by atoms with E-state index in [1.165, 1.54) is 0 Å². The maximum atomic E-state index is 6.07. The van der Waals surface area contributed by atoms with Crippen molar-refractivity contribution >= 4 is 23.2 Å². The zero-order valence-electron chi connectivity index (χ0n) is 7.37. The molecule has 0 aliphatic heterocycles. The first-order valence-electron chi connectivity index (χ1n) is 4.28. The van der Waals surface area contributed by atoms with Gasteiger partial charge in [0.05, 0.1) is 0 Å². The van der Waals surface area contributed by atoms with E-state index >= 15 is 0 Å². The van der Waals surface area contributed by atoms with Crippen molar-refractivity contribution in [3.8, 4) is 11.1 Å². The Labute approximate surface area is 100 Å². The van der Waals surface area contributed by atoms with E-state index in [0.29, 0.717) is 0 Å². The van der Waals surface area contributed by atoms with E-state index < -0.39 is 0 Å². The zero-order chi connectivity index (χ0) is 9.97. The smallest absolute Gasteiger partial charge is 0.0484 e. The molecule has 2 aromatic carbocycles. The summed E-state index contributed by atoms with van der Waals surface area (Å²) < 4.78 is 0. The van der Waals surface area contributed by atoms with Gasteiger partial charge in [0.25, 0.3) is 0 Å². The summed E-state index contributed by atoms with van der Waals surface area (Å²) >= 11 is 11.9. The molecule has 0 saturated heterocycles. The summed E-state index contributed by atoms with van der Waals surface area (Å²) in [5, 5.41) is 1.50. The summed E-state index contributed by atoms with van der Waals surface area (Å²) in [5.74, 6) is 0. The van der Waals surface area contributed by atoms with Gasteiger partial charge in [0.15, 0.2) is 0 Å². The third-order valence-corrected chi connectivity index (χ3v) is 2.61. The van der Waals surface area contributed by atoms with Crippen molar-refractivity contribution in [2.75, 3.05) is 0 Å². The van der Waals surface area contributed by atoms with Gasteiger partial charge in [-0.1, -0.05) is 61.0 Å². The summed E-state index contributed by atoms with van der Waals surface area (Å²) in [5.41, 5.74) is 2.12. The van der Waals surface area contributed by atoms with Crippen LogP contribution in [0.4, 0.5) is 0 Å². The van der Waals surface area contributed by atoms with Crippen molar-refractivity contribution in [3.63, 3.8) is 0 Å². The molecule has 0 spiro atoms. The Morgan fingerprint density at radius 1 is 0.733 bits per heavy atom. The molecule has 0 N–H and O–H groups in total. The Hall–Kier alpha value is -0.980. The lowest BCUT2D eigenvalue weighted by Crippen LogP contribution is -1.77. The summed E-state index contributed by atoms with van der Waals surface area (Å²) in [6.07, 6.45) is 0. The van der Waals surface area contributed by atoms with Crippen LogP contribution in [-0.4, -0.2) is 0 Å². The molecule has 0 aliphatic carbocycles. The van der Waals surface area contributed by atoms with E-state index in [4.69, 9.17) is 23.2 Å². The maximum Gasteiger partial charge on any atom is 0.0484 e. The molecule has 2 aromatic rings. The fraction of sp³-hybridized carbons (Fsp3) is 0.0769. The van der Waals surface area contributed by atoms with Crippen molar-refractivity contribution in [3.05, 3.63) is 58.6 Å². The molecule has 0 aliphatic rings. The Morgan fingerprint density at radius 2 is 1.33 bits per heavy atom. The molecule has 0 unspecified atom stereocenters. The van der Waals surface area contributed by atoms with Gasteiger partial charge < -0.3 is 0 Å². The van der Waals surface area contributed by atoms with E-state index in [-0.39, 0.29) is 7.43 Å². The number of hydrogen-bond acceptors (Lipinski definition) is 0. The Morgan fingerprint density at radius 3 is 1.93 bits per heavy atom. The second kappa shape index (κ2) is 5.20. The van der Waals surface area contributed by atoms with Crippen LogP contribution < -0.4 is 0 Å². The second-order valence-corrected chi connectivity index (χ2v) is 3.83. The van der Waals surface area contributed by atoms with Gasteiger partial charge in [-0.05, 0) is 23.8 Å². The van der Waals surface area contributed by atoms with E-state index in [0.717, 1.165) is 21.2 Å². The third kappa shape index (κ3) is 2.74. The SMILES string of the molecule is C.Clc1ccc(-c2ccccc2Cl)cc1. The third-order valence-electron chi connectivity index (χ3n) is 2.03. The molecule has 0 atom stereocenters. The van der Waals surface area contributed by atoms with Crippen LogP contribution in [0.3, 0.4) is 0 Å². The molecule has 2 rings (SSSR count). The molecule has 0 fully saturated rings. The van der Waals surface area contributed by atoms with Crippen LogP contribution in [0, 0.1) is 0 Å². The summed E-state index contributed by atoms with van der Waals surface area (Å²) in [4.78, 5) is 0. The molecule has 0 aromatic heterocycles. The Bertz CT molecular complexity index is 433. The van der Waals surface area contributed by atoms with Crippen molar-refractivity contribution in [2.45, 2.75) is 7.43 Å². The van der Waals surface area contributed by atoms with Gasteiger partial charge in [-0.3, -0.25) is 0 Å². The highest BCUT2D eigenvalue weighted by Crippen LogP contribution is 2.28. The van der Waals surface area contributed by atoms with Gasteiger partial charge in [-0.15, -0.1) is 0 Å². The quantitative estimate of drug-likeness (QED) is 0.633. The summed E-state index contributed by atoms with van der Waals surface area (Å²) in [6.45, 7) is 0. The molecule has 0 nitrogen and oxygen atoms in total. The summed E-state index contributed by atoms with van der Waals surface area (Å²) in [7, 11) is 0. The monoisotopic (exact) mass is 238 g/mol. The van der Waals surface area contributed by atoms with E-state index in [1.54, 1.807) is 0 Å². The van der Waals surface area contributed by atoms with Crippen LogP contribution in [0.15, 0.2) is 48.5 Å². The Kier molecular flexibility index (Phi) is 4.19. The molecular weight excluding hydrogens is 227 g/mol. The highest BCUT2D eigenvalue weighted by atomic mass is 35.5. The van der Waals surface area contributed by atoms with Crippen LogP contribution in [0.1, 0.15) is 7.43 Å². The molecule has 78 valence electrons. The van der Waals surface area contributed by atoms with Gasteiger partial charge >= 0.3 is 0 Å². The van der Waals surface area contributed by atoms with Crippen LogP contribution >= 0.6 is 23.2 Å². The largest absolute Gasteiger partial charge is 0.0843 e. The average molecular weight is 239 g/mol. The van der Waals surface area contributed by atoms with Gasteiger partial charge in [0.1, 0.15) is 0 Å². The fourth-order valence-corrected chi connectivity index (χ4v) is 1.70. The minimum absolute atomic E-state index is 0. The first-order chi connectivity index (χ1) is 6.77. The molecule has 15 heavy (non-hydrogen) atoms. The zero-order valence-corrected chi connectivity index (χ0v) is 8.89. The van der Waals surface area contributed by atoms with Gasteiger partial charge in [0, 0.05) is 15.6 Å². The normalized spacial score (nSPS) is 9.47. The lowest BCUT2D eigenvalue weighted by Gasteiger charge is -2.03. The standard InChI is InChI=1S/C12H8Cl2.CH4/c13-10-7-5-9(6-8-10)11-3-1-2-4-12(11)14;/h1-8H;1H4. The minimum atomic E-state index is 0. The molecular formula is C13H12Cl2. The Balaban J connectivity index is 0.00000112. The van der Waals surface area contributed by atoms with Crippen LogP contribution in [0.25, 0.3) is 11.1 Å². The molecule has 0 amide bonds. The molecule has 0 radical (unpaired) electrons. The second-order valence-electron chi connectivity index (χ2n) is 2.99. The predicted molar refractivity (Wildman–Crippen MR) is 68.6 cm³/mol. The first kappa shape index (κ1) is 12.1. The molecule has 0 saturated carbocycles. The van der Waals surface area contributed by atoms with Crippen LogP contribution in [-0.2, 0) is 0 Å². The van der Waals surface area contributed by atoms with Crippen molar-refractivity contribution in [1.82, 2.24) is 0 Å². The lowest BCUT2D eigenvalue weighted by atomic mass is 10.1. The van der Waals surface area contributed by atoms with Crippen molar-refractivity contribution in [2.24, 2.45) is 0 Å². The van der Waals surface area contributed by atoms with Crippen molar-refractivity contribution in [1.29, 1.82) is 0 Å². The van der Waals surface area contributed by atoms with Crippen LogP contribution in [0.2, 0.25) is 10.0 Å². The fourth-order valence-electron chi connectivity index (χ4n) is 1.32. The number of halogens is 2. The number of benzene rings is 2. The van der Waals surface area contributed by atoms with Crippen molar-refractivity contribution < 1.29 is 0 Å². The molecule has 2 heteroatoms. The van der Waals surface area contributed by atoms with Crippen LogP contribution in [0.5, 0.6) is 0 Å². The minimum Gasteiger partial charge on any atom is -0.0843 e. The van der Waals surface area contributed by atoms with E-state index in [9.17, 15) is 0 Å². The number of hydrogen-bond donors (Lipinski definition) is 0. The molecule has 0 heterocycles. The number of rotatable bonds is 1. The average Bonchev–Trinajstić information content (AvgIpc) is 2.20. The predicted octanol–water partition coefficient (Wildman–Crippen LogP) is 5.30. The molecule has 0 bridgehead atoms. The van der Waals surface area contributed by atoms with E-state index in [1.807, 2.05) is 48.5 Å².